The molecule has 6 nitrogen and oxygen atoms in total. The van der Waals surface area contributed by atoms with Crippen molar-refractivity contribution in [3.8, 4) is 0 Å². The van der Waals surface area contributed by atoms with Crippen LogP contribution in [0.1, 0.15) is 31.2 Å². The minimum absolute atomic E-state index is 0.0577. The molecule has 0 aliphatic carbocycles. The van der Waals surface area contributed by atoms with Crippen LogP contribution in [0.2, 0.25) is 0 Å². The zero-order valence-corrected chi connectivity index (χ0v) is 20.8. The maximum Gasteiger partial charge on any atom is 0.232 e. The van der Waals surface area contributed by atoms with E-state index >= 15 is 0 Å². The third kappa shape index (κ3) is 6.60. The Balaban J connectivity index is 1.37. The first-order chi connectivity index (χ1) is 16.6. The van der Waals surface area contributed by atoms with Gasteiger partial charge in [0.1, 0.15) is 0 Å². The van der Waals surface area contributed by atoms with Gasteiger partial charge in [-0.1, -0.05) is 48.2 Å². The lowest BCUT2D eigenvalue weighted by atomic mass is 9.84. The number of thioether (sulfide) groups is 1. The molecular formula is C27H35N3O3S. The predicted molar refractivity (Wildman–Crippen MR) is 135 cm³/mol. The molecule has 4 rings (SSSR count). The molecule has 182 valence electrons. The molecule has 2 aliphatic rings. The van der Waals surface area contributed by atoms with Crippen LogP contribution in [-0.4, -0.2) is 71.7 Å². The Bertz CT molecular complexity index is 913. The number of aromatic nitrogens is 1. The summed E-state index contributed by atoms with van der Waals surface area (Å²) in [7, 11) is 1.98. The number of piperidine rings is 1. The van der Waals surface area contributed by atoms with Gasteiger partial charge >= 0.3 is 0 Å². The van der Waals surface area contributed by atoms with Crippen LogP contribution in [0.4, 0.5) is 0 Å². The number of nitrogens with zero attached hydrogens (tertiary/aromatic N) is 3. The van der Waals surface area contributed by atoms with E-state index in [1.165, 1.54) is 17.3 Å². The number of hydrogen-bond donors (Lipinski definition) is 0. The van der Waals surface area contributed by atoms with Crippen LogP contribution in [0.3, 0.4) is 0 Å². The van der Waals surface area contributed by atoms with E-state index in [4.69, 9.17) is 4.74 Å². The molecule has 1 atom stereocenters. The topological polar surface area (TPSA) is 62.7 Å². The number of carbonyl (C=O) groups excluding carboxylic acids is 2. The molecule has 3 heterocycles. The van der Waals surface area contributed by atoms with Crippen LogP contribution in [-0.2, 0) is 20.7 Å². The molecule has 0 saturated carbocycles. The van der Waals surface area contributed by atoms with Crippen molar-refractivity contribution in [1.82, 2.24) is 14.8 Å². The van der Waals surface area contributed by atoms with E-state index in [9.17, 15) is 9.59 Å². The van der Waals surface area contributed by atoms with Gasteiger partial charge in [-0.25, -0.2) is 4.98 Å². The Hall–Kier alpha value is -2.38. The largest absolute Gasteiger partial charge is 0.381 e. The minimum Gasteiger partial charge on any atom is -0.381 e. The van der Waals surface area contributed by atoms with Crippen LogP contribution in [0.25, 0.3) is 0 Å². The summed E-state index contributed by atoms with van der Waals surface area (Å²) < 4.78 is 5.47. The van der Waals surface area contributed by atoms with Crippen LogP contribution in [0, 0.1) is 11.8 Å². The second-order valence-corrected chi connectivity index (χ2v) is 10.3. The third-order valence-electron chi connectivity index (χ3n) is 7.12. The fourth-order valence-corrected chi connectivity index (χ4v) is 5.83. The van der Waals surface area contributed by atoms with Crippen molar-refractivity contribution < 1.29 is 14.3 Å². The fraction of sp³-hybridized carbons (Fsp3) is 0.519. The Morgan fingerprint density at radius 2 is 1.76 bits per heavy atom. The predicted octanol–water partition coefficient (Wildman–Crippen LogP) is 3.91. The SMILES string of the molecule is CN(C(=O)C1CCOCC1)C(Cc1ccccc1)C1CCN(C(=O)CSc2ccccn2)CC1. The molecule has 7 heteroatoms. The molecule has 34 heavy (non-hydrogen) atoms. The summed E-state index contributed by atoms with van der Waals surface area (Å²) in [5.74, 6) is 1.26. The Kier molecular flexibility index (Phi) is 8.99. The van der Waals surface area contributed by atoms with Gasteiger partial charge in [-0.15, -0.1) is 0 Å². The smallest absolute Gasteiger partial charge is 0.232 e. The fourth-order valence-electron chi connectivity index (χ4n) is 5.06. The molecular weight excluding hydrogens is 446 g/mol. The average Bonchev–Trinajstić information content (AvgIpc) is 2.91. The van der Waals surface area contributed by atoms with E-state index in [2.05, 4.69) is 29.2 Å². The molecule has 2 saturated heterocycles. The summed E-state index contributed by atoms with van der Waals surface area (Å²) >= 11 is 1.49. The second-order valence-electron chi connectivity index (χ2n) is 9.27. The number of carbonyl (C=O) groups is 2. The first-order valence-corrected chi connectivity index (χ1v) is 13.3. The molecule has 0 radical (unpaired) electrons. The first-order valence-electron chi connectivity index (χ1n) is 12.3. The molecule has 1 aromatic heterocycles. The number of likely N-dealkylation sites (N-methyl/N-ethyl adjacent to an activating group) is 1. The van der Waals surface area contributed by atoms with E-state index in [1.807, 2.05) is 41.1 Å². The van der Waals surface area contributed by atoms with Gasteiger partial charge in [0.15, 0.2) is 0 Å². The third-order valence-corrected chi connectivity index (χ3v) is 8.05. The highest BCUT2D eigenvalue weighted by atomic mass is 32.2. The van der Waals surface area contributed by atoms with Crippen molar-refractivity contribution in [3.63, 3.8) is 0 Å². The van der Waals surface area contributed by atoms with Gasteiger partial charge in [0.05, 0.1) is 10.8 Å². The highest BCUT2D eigenvalue weighted by Gasteiger charge is 2.35. The summed E-state index contributed by atoms with van der Waals surface area (Å²) in [5, 5.41) is 0.877. The average molecular weight is 482 g/mol. The zero-order valence-electron chi connectivity index (χ0n) is 20.0. The van der Waals surface area contributed by atoms with Gasteiger partial charge in [0.2, 0.25) is 11.8 Å². The lowest BCUT2D eigenvalue weighted by molar-refractivity contribution is -0.141. The summed E-state index contributed by atoms with van der Waals surface area (Å²) in [5.41, 5.74) is 1.25. The minimum atomic E-state index is 0.0577. The number of ether oxygens (including phenoxy) is 1. The van der Waals surface area contributed by atoms with Gasteiger partial charge in [-0.2, -0.15) is 0 Å². The van der Waals surface area contributed by atoms with Gasteiger partial charge in [-0.3, -0.25) is 9.59 Å². The molecule has 1 unspecified atom stereocenters. The Labute approximate surface area is 207 Å². The van der Waals surface area contributed by atoms with E-state index in [1.54, 1.807) is 6.20 Å². The zero-order chi connectivity index (χ0) is 23.8. The Morgan fingerprint density at radius 1 is 1.06 bits per heavy atom. The van der Waals surface area contributed by atoms with Gasteiger partial charge in [0, 0.05) is 51.5 Å². The summed E-state index contributed by atoms with van der Waals surface area (Å²) in [6, 6.07) is 16.3. The summed E-state index contributed by atoms with van der Waals surface area (Å²) in [6.07, 6.45) is 6.06. The van der Waals surface area contributed by atoms with E-state index < -0.39 is 0 Å². The molecule has 0 spiro atoms. The number of benzene rings is 1. The number of pyridine rings is 1. The van der Waals surface area contributed by atoms with E-state index in [0.29, 0.717) is 24.9 Å². The lowest BCUT2D eigenvalue weighted by Gasteiger charge is -2.41. The molecule has 2 amide bonds. The van der Waals surface area contributed by atoms with Crippen LogP contribution in [0.15, 0.2) is 59.8 Å². The normalized spacial score (nSPS) is 18.4. The second kappa shape index (κ2) is 12.4. The highest BCUT2D eigenvalue weighted by Crippen LogP contribution is 2.29. The molecule has 0 N–H and O–H groups in total. The van der Waals surface area contributed by atoms with Gasteiger partial charge < -0.3 is 14.5 Å². The van der Waals surface area contributed by atoms with Crippen molar-refractivity contribution in [2.24, 2.45) is 11.8 Å². The number of hydrogen-bond acceptors (Lipinski definition) is 5. The molecule has 2 aliphatic heterocycles. The summed E-state index contributed by atoms with van der Waals surface area (Å²) in [6.45, 7) is 2.84. The van der Waals surface area contributed by atoms with Gasteiger partial charge in [0.25, 0.3) is 0 Å². The molecule has 2 fully saturated rings. The highest BCUT2D eigenvalue weighted by molar-refractivity contribution is 7.99. The molecule has 0 bridgehead atoms. The van der Waals surface area contributed by atoms with Gasteiger partial charge in [-0.05, 0) is 55.7 Å². The number of amides is 2. The van der Waals surface area contributed by atoms with Crippen molar-refractivity contribution in [1.29, 1.82) is 0 Å². The summed E-state index contributed by atoms with van der Waals surface area (Å²) in [4.78, 5) is 34.4. The maximum absolute atomic E-state index is 13.4. The Morgan fingerprint density at radius 3 is 2.44 bits per heavy atom. The van der Waals surface area contributed by atoms with Crippen molar-refractivity contribution in [2.45, 2.75) is 43.2 Å². The first kappa shape index (κ1) is 24.7. The van der Waals surface area contributed by atoms with Crippen molar-refractivity contribution in [2.75, 3.05) is 39.1 Å². The van der Waals surface area contributed by atoms with Crippen molar-refractivity contribution >= 4 is 23.6 Å². The molecule has 1 aromatic carbocycles. The van der Waals surface area contributed by atoms with Crippen LogP contribution in [0.5, 0.6) is 0 Å². The monoisotopic (exact) mass is 481 g/mol. The molecule has 2 aromatic rings. The lowest BCUT2D eigenvalue weighted by Crippen LogP contribution is -2.50. The van der Waals surface area contributed by atoms with Crippen LogP contribution < -0.4 is 0 Å². The van der Waals surface area contributed by atoms with E-state index in [-0.39, 0.29) is 23.8 Å². The van der Waals surface area contributed by atoms with Crippen LogP contribution >= 0.6 is 11.8 Å². The number of rotatable bonds is 8. The number of likely N-dealkylation sites (tertiary alicyclic amines) is 1. The van der Waals surface area contributed by atoms with Crippen molar-refractivity contribution in [3.05, 3.63) is 60.3 Å². The maximum atomic E-state index is 13.4. The standard InChI is InChI=1S/C27H35N3O3S/c1-29(27(32)23-12-17-33-18-13-23)24(19-21-7-3-2-4-8-21)22-10-15-30(16-11-22)26(31)20-34-25-9-5-6-14-28-25/h2-9,14,22-24H,10-13,15-20H2,1H3. The van der Waals surface area contributed by atoms with E-state index in [0.717, 1.165) is 50.2 Å². The quantitative estimate of drug-likeness (QED) is 0.535.